The van der Waals surface area contributed by atoms with Crippen LogP contribution in [0, 0.1) is 17.8 Å². The molecule has 4 atom stereocenters. The molecular weight excluding hydrogens is 136 g/mol. The summed E-state index contributed by atoms with van der Waals surface area (Å²) in [6.45, 7) is 2.09. The first kappa shape index (κ1) is 7.60. The molecule has 1 heteroatoms. The molecule has 0 radical (unpaired) electrons. The van der Waals surface area contributed by atoms with Crippen molar-refractivity contribution in [3.05, 3.63) is 0 Å². The summed E-state index contributed by atoms with van der Waals surface area (Å²) in [5.74, 6) is 2.53. The number of hydrogen-bond donors (Lipinski definition) is 1. The lowest BCUT2D eigenvalue weighted by atomic mass is 9.84. The van der Waals surface area contributed by atoms with Gasteiger partial charge in [0.2, 0.25) is 0 Å². The normalized spacial score (nSPS) is 44.7. The van der Waals surface area contributed by atoms with Crippen molar-refractivity contribution in [1.29, 1.82) is 0 Å². The molecule has 1 nitrogen and oxygen atoms in total. The Kier molecular flexibility index (Phi) is 1.92. The van der Waals surface area contributed by atoms with Crippen molar-refractivity contribution in [3.8, 4) is 0 Å². The van der Waals surface area contributed by atoms with Gasteiger partial charge in [0.05, 0.1) is 6.10 Å². The van der Waals surface area contributed by atoms with Crippen molar-refractivity contribution < 1.29 is 5.11 Å². The van der Waals surface area contributed by atoms with Crippen LogP contribution in [0.3, 0.4) is 0 Å². The van der Waals surface area contributed by atoms with E-state index in [1.54, 1.807) is 0 Å². The molecule has 0 spiro atoms. The van der Waals surface area contributed by atoms with Crippen LogP contribution in [0.25, 0.3) is 0 Å². The Morgan fingerprint density at radius 1 is 1.36 bits per heavy atom. The highest BCUT2D eigenvalue weighted by Crippen LogP contribution is 2.49. The molecule has 2 aliphatic rings. The summed E-state index contributed by atoms with van der Waals surface area (Å²) < 4.78 is 0. The molecule has 0 amide bonds. The van der Waals surface area contributed by atoms with Crippen molar-refractivity contribution in [3.63, 3.8) is 0 Å². The largest absolute Gasteiger partial charge is 0.393 e. The van der Waals surface area contributed by atoms with E-state index < -0.39 is 0 Å². The number of rotatable bonds is 2. The second-order valence-electron chi connectivity index (χ2n) is 4.31. The maximum atomic E-state index is 9.68. The van der Waals surface area contributed by atoms with Gasteiger partial charge in [-0.2, -0.15) is 0 Å². The number of aliphatic hydroxyl groups excluding tert-OH is 1. The Hall–Kier alpha value is -0.0400. The molecule has 1 N–H and O–H groups in total. The van der Waals surface area contributed by atoms with Gasteiger partial charge in [-0.3, -0.25) is 0 Å². The van der Waals surface area contributed by atoms with E-state index in [1.165, 1.54) is 25.7 Å². The molecule has 11 heavy (non-hydrogen) atoms. The monoisotopic (exact) mass is 154 g/mol. The van der Waals surface area contributed by atoms with E-state index in [1.807, 2.05) is 0 Å². The van der Waals surface area contributed by atoms with Crippen LogP contribution in [0.4, 0.5) is 0 Å². The van der Waals surface area contributed by atoms with Gasteiger partial charge in [-0.05, 0) is 43.4 Å². The minimum absolute atomic E-state index is 0.00491. The Morgan fingerprint density at radius 2 is 2.18 bits per heavy atom. The summed E-state index contributed by atoms with van der Waals surface area (Å²) in [4.78, 5) is 0. The van der Waals surface area contributed by atoms with E-state index in [0.717, 1.165) is 18.3 Å². The number of aliphatic hydroxyl groups is 1. The predicted octanol–water partition coefficient (Wildman–Crippen LogP) is 2.19. The molecule has 3 unspecified atom stereocenters. The summed E-state index contributed by atoms with van der Waals surface area (Å²) in [5.41, 5.74) is 0. The van der Waals surface area contributed by atoms with Gasteiger partial charge in [-0.15, -0.1) is 0 Å². The summed E-state index contributed by atoms with van der Waals surface area (Å²) in [6, 6.07) is 0. The Labute approximate surface area is 68.8 Å². The quantitative estimate of drug-likeness (QED) is 0.646. The highest BCUT2D eigenvalue weighted by atomic mass is 16.3. The smallest absolute Gasteiger partial charge is 0.0568 e. The Bertz CT molecular complexity index is 144. The van der Waals surface area contributed by atoms with Gasteiger partial charge in [0, 0.05) is 0 Å². The lowest BCUT2D eigenvalue weighted by Gasteiger charge is -2.25. The van der Waals surface area contributed by atoms with Crippen molar-refractivity contribution >= 4 is 0 Å². The predicted molar refractivity (Wildman–Crippen MR) is 45.2 cm³/mol. The van der Waals surface area contributed by atoms with Gasteiger partial charge in [0.15, 0.2) is 0 Å². The lowest BCUT2D eigenvalue weighted by molar-refractivity contribution is 0.0717. The van der Waals surface area contributed by atoms with E-state index in [0.29, 0.717) is 5.92 Å². The average Bonchev–Trinajstić information content (AvgIpc) is 2.62. The first-order valence-electron chi connectivity index (χ1n) is 4.99. The van der Waals surface area contributed by atoms with Crippen LogP contribution in [0.15, 0.2) is 0 Å². The van der Waals surface area contributed by atoms with Crippen LogP contribution in [-0.2, 0) is 0 Å². The van der Waals surface area contributed by atoms with Gasteiger partial charge < -0.3 is 5.11 Å². The Balaban J connectivity index is 1.96. The van der Waals surface area contributed by atoms with Crippen LogP contribution in [-0.4, -0.2) is 11.2 Å². The fraction of sp³-hybridized carbons (Fsp3) is 1.00. The fourth-order valence-electron chi connectivity index (χ4n) is 3.07. The van der Waals surface area contributed by atoms with Crippen LogP contribution in [0.5, 0.6) is 0 Å². The second kappa shape index (κ2) is 2.78. The number of hydrogen-bond acceptors (Lipinski definition) is 1. The third kappa shape index (κ3) is 1.20. The highest BCUT2D eigenvalue weighted by molar-refractivity contribution is 4.92. The lowest BCUT2D eigenvalue weighted by Crippen LogP contribution is -2.24. The van der Waals surface area contributed by atoms with E-state index in [9.17, 15) is 5.11 Å². The van der Waals surface area contributed by atoms with Crippen LogP contribution >= 0.6 is 0 Å². The first-order valence-corrected chi connectivity index (χ1v) is 4.99. The summed E-state index contributed by atoms with van der Waals surface area (Å²) >= 11 is 0. The molecule has 0 aromatic rings. The van der Waals surface area contributed by atoms with E-state index >= 15 is 0 Å². The molecule has 2 rings (SSSR count). The van der Waals surface area contributed by atoms with Gasteiger partial charge in [0.1, 0.15) is 0 Å². The molecule has 2 aliphatic carbocycles. The standard InChI is InChI=1S/C10H18O/c1-2-10(11)9-6-7-3-4-8(9)5-7/h7-11H,2-6H2,1H3/t7?,8?,9?,10-/m0/s1. The van der Waals surface area contributed by atoms with Gasteiger partial charge in [0.25, 0.3) is 0 Å². The SMILES string of the molecule is CC[C@H](O)C1CC2CCC1C2. The van der Waals surface area contributed by atoms with Gasteiger partial charge in [-0.25, -0.2) is 0 Å². The summed E-state index contributed by atoms with van der Waals surface area (Å²) in [6.07, 6.45) is 6.53. The molecule has 0 saturated heterocycles. The zero-order chi connectivity index (χ0) is 7.84. The molecule has 2 fully saturated rings. The third-order valence-electron chi connectivity index (χ3n) is 3.71. The molecule has 0 heterocycles. The second-order valence-corrected chi connectivity index (χ2v) is 4.31. The van der Waals surface area contributed by atoms with Crippen molar-refractivity contribution in [2.45, 2.75) is 45.1 Å². The minimum atomic E-state index is 0.00491. The molecule has 2 saturated carbocycles. The third-order valence-corrected chi connectivity index (χ3v) is 3.71. The van der Waals surface area contributed by atoms with Crippen molar-refractivity contribution in [2.75, 3.05) is 0 Å². The highest BCUT2D eigenvalue weighted by Gasteiger charge is 2.41. The van der Waals surface area contributed by atoms with E-state index in [4.69, 9.17) is 0 Å². The van der Waals surface area contributed by atoms with Crippen molar-refractivity contribution in [2.24, 2.45) is 17.8 Å². The van der Waals surface area contributed by atoms with Crippen LogP contribution in [0.2, 0.25) is 0 Å². The fourth-order valence-corrected chi connectivity index (χ4v) is 3.07. The van der Waals surface area contributed by atoms with Gasteiger partial charge in [-0.1, -0.05) is 13.3 Å². The molecule has 64 valence electrons. The zero-order valence-electron chi connectivity index (χ0n) is 7.29. The van der Waals surface area contributed by atoms with Crippen LogP contribution < -0.4 is 0 Å². The molecule has 0 aromatic carbocycles. The number of fused-ring (bicyclic) bond motifs is 2. The summed E-state index contributed by atoms with van der Waals surface area (Å²) in [7, 11) is 0. The molecule has 2 bridgehead atoms. The minimum Gasteiger partial charge on any atom is -0.393 e. The average molecular weight is 154 g/mol. The van der Waals surface area contributed by atoms with Crippen molar-refractivity contribution in [1.82, 2.24) is 0 Å². The molecule has 0 aliphatic heterocycles. The Morgan fingerprint density at radius 3 is 2.64 bits per heavy atom. The summed E-state index contributed by atoms with van der Waals surface area (Å²) in [5, 5.41) is 9.68. The maximum Gasteiger partial charge on any atom is 0.0568 e. The van der Waals surface area contributed by atoms with E-state index in [-0.39, 0.29) is 6.10 Å². The molecular formula is C10H18O. The van der Waals surface area contributed by atoms with E-state index in [2.05, 4.69) is 6.92 Å². The maximum absolute atomic E-state index is 9.68. The van der Waals surface area contributed by atoms with Gasteiger partial charge >= 0.3 is 0 Å². The zero-order valence-corrected chi connectivity index (χ0v) is 7.29. The topological polar surface area (TPSA) is 20.2 Å². The molecule has 0 aromatic heterocycles. The van der Waals surface area contributed by atoms with Crippen LogP contribution in [0.1, 0.15) is 39.0 Å². The first-order chi connectivity index (χ1) is 5.31.